The number of benzene rings is 2. The lowest BCUT2D eigenvalue weighted by Crippen LogP contribution is -2.63. The number of rotatable bonds is 34. The van der Waals surface area contributed by atoms with E-state index < -0.39 is 183 Å². The number of aromatic hydroxyl groups is 1. The number of carbonyl (C=O) groups excluding carboxylic acids is 10. The Kier molecular flexibility index (Phi) is 26.8. The fraction of sp³-hybridized carbons (Fsp3) is 0.491. The number of phenolic OH excluding ortho intramolecular Hbond substituents is 1. The number of carbonyl (C=O) groups is 12. The summed E-state index contributed by atoms with van der Waals surface area (Å²) < 4.78 is 0. The van der Waals surface area contributed by atoms with Crippen LogP contribution in [0.25, 0.3) is 0 Å². The first-order valence-corrected chi connectivity index (χ1v) is 26.8. The molecule has 10 amide bonds. The summed E-state index contributed by atoms with van der Waals surface area (Å²) in [6, 6.07) is -3.11. The molecule has 1 fully saturated rings. The molecule has 1 aliphatic heterocycles. The van der Waals surface area contributed by atoms with Crippen LogP contribution in [0.3, 0.4) is 0 Å². The van der Waals surface area contributed by atoms with Crippen LogP contribution in [0, 0.1) is 0 Å². The average Bonchev–Trinajstić information content (AvgIpc) is 4.09. The summed E-state index contributed by atoms with van der Waals surface area (Å²) in [6.45, 7) is 0.183. The number of aliphatic hydroxyl groups excluding tert-OH is 4. The molecule has 0 radical (unpaired) electrons. The molecule has 12 atom stereocenters. The maximum absolute atomic E-state index is 14.4. The maximum Gasteiger partial charge on any atom is 0.326 e. The van der Waals surface area contributed by atoms with Gasteiger partial charge in [-0.2, -0.15) is 0 Å². The molecule has 0 spiro atoms. The van der Waals surface area contributed by atoms with E-state index in [0.717, 1.165) is 18.7 Å². The summed E-state index contributed by atoms with van der Waals surface area (Å²) in [4.78, 5) is 167. The molecule has 2 heterocycles. The number of aromatic amines is 1. The SMILES string of the molecule is C[C@@H](O)[C@H](NC(=O)[C@H](Cc1ccccc1)NC(=O)[C@@H](NC(=O)[C@@H]1CCCN1C(=O)[C@H](Cc1cnc[nH]1)NC(=O)[C@H](CCC(=O)O)NC(=O)[C@@H](N)CO)[C@@H](C)O)C(=O)N[C@@H](CO)C(=O)N[C@@H](CCC(N)=O)C(=O)N[C@@H](Cc1ccc(O)cc1)C(=O)O. The Morgan fingerprint density at radius 3 is 1.66 bits per heavy atom. The van der Waals surface area contributed by atoms with Crippen LogP contribution in [0.2, 0.25) is 0 Å². The number of primary amides is 1. The number of hydrogen-bond acceptors (Lipinski definition) is 19. The number of nitrogens with two attached hydrogens (primary N) is 2. The summed E-state index contributed by atoms with van der Waals surface area (Å²) in [7, 11) is 0. The predicted octanol–water partition coefficient (Wildman–Crippen LogP) is -6.70. The number of aromatic nitrogens is 2. The van der Waals surface area contributed by atoms with E-state index in [-0.39, 0.29) is 44.4 Å². The van der Waals surface area contributed by atoms with E-state index in [9.17, 15) is 93.3 Å². The van der Waals surface area contributed by atoms with Gasteiger partial charge in [-0.05, 0) is 62.8 Å². The van der Waals surface area contributed by atoms with Crippen LogP contribution >= 0.6 is 0 Å². The Morgan fingerprint density at radius 2 is 1.12 bits per heavy atom. The van der Waals surface area contributed by atoms with Gasteiger partial charge in [0.15, 0.2) is 0 Å². The molecule has 2 aromatic carbocycles. The van der Waals surface area contributed by atoms with Gasteiger partial charge in [-0.25, -0.2) is 9.78 Å². The summed E-state index contributed by atoms with van der Waals surface area (Å²) >= 11 is 0. The second-order valence-corrected chi connectivity index (χ2v) is 20.1. The summed E-state index contributed by atoms with van der Waals surface area (Å²) in [5, 5.41) is 88.8. The van der Waals surface area contributed by atoms with Crippen molar-refractivity contribution in [1.82, 2.24) is 57.4 Å². The van der Waals surface area contributed by atoms with Gasteiger partial charge in [0.25, 0.3) is 0 Å². The minimum atomic E-state index is -1.95. The van der Waals surface area contributed by atoms with Crippen molar-refractivity contribution in [2.75, 3.05) is 19.8 Å². The molecule has 3 aromatic rings. The van der Waals surface area contributed by atoms with Crippen LogP contribution in [0.4, 0.5) is 0 Å². The third kappa shape index (κ3) is 21.5. The van der Waals surface area contributed by atoms with Crippen molar-refractivity contribution >= 4 is 71.0 Å². The van der Waals surface area contributed by atoms with Crippen molar-refractivity contribution < 1.29 is 93.3 Å². The third-order valence-corrected chi connectivity index (χ3v) is 13.4. The molecule has 32 heteroatoms. The molecule has 1 aliphatic rings. The van der Waals surface area contributed by atoms with Gasteiger partial charge < -0.3 is 99.6 Å². The molecule has 85 heavy (non-hydrogen) atoms. The zero-order valence-corrected chi connectivity index (χ0v) is 46.3. The smallest absolute Gasteiger partial charge is 0.326 e. The van der Waals surface area contributed by atoms with Crippen molar-refractivity contribution in [3.05, 3.63) is 83.9 Å². The lowest BCUT2D eigenvalue weighted by atomic mass is 10.0. The van der Waals surface area contributed by atoms with Gasteiger partial charge in [0.05, 0.1) is 31.7 Å². The van der Waals surface area contributed by atoms with Crippen molar-refractivity contribution in [2.45, 2.75) is 144 Å². The van der Waals surface area contributed by atoms with Crippen LogP contribution in [0.15, 0.2) is 67.1 Å². The third-order valence-electron chi connectivity index (χ3n) is 13.4. The molecule has 0 saturated carbocycles. The Hall–Kier alpha value is -9.11. The number of hydrogen-bond donors (Lipinski definition) is 18. The highest BCUT2D eigenvalue weighted by Crippen LogP contribution is 2.21. The van der Waals surface area contributed by atoms with Crippen molar-refractivity contribution in [2.24, 2.45) is 11.5 Å². The second-order valence-electron chi connectivity index (χ2n) is 20.1. The summed E-state index contributed by atoms with van der Waals surface area (Å²) in [5.74, 6) is -13.6. The number of imidazole rings is 1. The zero-order valence-electron chi connectivity index (χ0n) is 46.3. The van der Waals surface area contributed by atoms with Gasteiger partial charge in [0, 0.05) is 50.5 Å². The lowest BCUT2D eigenvalue weighted by Gasteiger charge is -2.31. The van der Waals surface area contributed by atoms with Gasteiger partial charge in [0.2, 0.25) is 59.1 Å². The molecule has 20 N–H and O–H groups in total. The number of aliphatic hydroxyl groups is 4. The van der Waals surface area contributed by atoms with Crippen molar-refractivity contribution in [3.63, 3.8) is 0 Å². The van der Waals surface area contributed by atoms with Crippen LogP contribution in [-0.2, 0) is 76.8 Å². The Labute approximate surface area is 485 Å². The van der Waals surface area contributed by atoms with Gasteiger partial charge in [-0.3, -0.25) is 52.7 Å². The van der Waals surface area contributed by atoms with E-state index in [0.29, 0.717) is 16.8 Å². The fourth-order valence-electron chi connectivity index (χ4n) is 8.75. The van der Waals surface area contributed by atoms with E-state index in [1.54, 1.807) is 30.3 Å². The molecule has 1 saturated heterocycles. The van der Waals surface area contributed by atoms with E-state index in [4.69, 9.17) is 11.5 Å². The monoisotopic (exact) mass is 1200 g/mol. The van der Waals surface area contributed by atoms with Gasteiger partial charge in [0.1, 0.15) is 66.2 Å². The summed E-state index contributed by atoms with van der Waals surface area (Å²) in [5.41, 5.74) is 12.0. The highest BCUT2D eigenvalue weighted by Gasteiger charge is 2.42. The average molecular weight is 1200 g/mol. The Morgan fingerprint density at radius 1 is 0.612 bits per heavy atom. The number of amides is 10. The van der Waals surface area contributed by atoms with Crippen molar-refractivity contribution in [1.29, 1.82) is 0 Å². The molecule has 1 aromatic heterocycles. The molecular formula is C53H73N13O19. The van der Waals surface area contributed by atoms with E-state index in [1.165, 1.54) is 36.8 Å². The highest BCUT2D eigenvalue weighted by atomic mass is 16.4. The maximum atomic E-state index is 14.4. The van der Waals surface area contributed by atoms with Gasteiger partial charge in [-0.15, -0.1) is 0 Å². The standard InChI is InChI=1S/C53H73N13O19/c1-26(69)42(51(82)63-38(24-68)48(79)59-33(14-16-40(55)72)46(77)62-37(53(84)85)20-29-10-12-31(71)13-11-29)64-47(78)35(19-28-7-4-3-5-8-28)60-50(81)43(27(2)70)65-49(80)39-9-6-18-66(39)52(83)36(21-30-22-56-25-57-30)61-45(76)34(15-17-41(73)74)58-44(75)32(54)23-67/h3-5,7-8,10-13,22,25-27,32-39,42-43,67-71H,6,9,14-21,23-24,54H2,1-2H3,(H2,55,72)(H,56,57)(H,58,75)(H,59,79)(H,60,81)(H,61,76)(H,62,77)(H,63,82)(H,64,78)(H,65,80)(H,73,74)(H,84,85)/t26-,27-,32+,33+,34+,35+,36+,37+,38+,39+,42+,43+/m1/s1. The summed E-state index contributed by atoms with van der Waals surface area (Å²) in [6.07, 6.45) is -3.48. The number of nitrogens with one attached hydrogen (secondary N) is 9. The topological polar surface area (TPSA) is 527 Å². The minimum Gasteiger partial charge on any atom is -0.508 e. The number of likely N-dealkylation sites (tertiary alicyclic amines) is 1. The number of phenols is 1. The van der Waals surface area contributed by atoms with Crippen LogP contribution in [0.1, 0.15) is 69.2 Å². The van der Waals surface area contributed by atoms with Crippen LogP contribution < -0.4 is 54.0 Å². The fourth-order valence-corrected chi connectivity index (χ4v) is 8.75. The number of carboxylic acid groups (broad SMARTS) is 2. The van der Waals surface area contributed by atoms with Crippen molar-refractivity contribution in [3.8, 4) is 5.75 Å². The van der Waals surface area contributed by atoms with Crippen LogP contribution in [-0.4, -0.2) is 214 Å². The predicted molar refractivity (Wildman–Crippen MR) is 293 cm³/mol. The molecule has 4 rings (SSSR count). The molecule has 464 valence electrons. The number of carboxylic acids is 2. The molecule has 0 bridgehead atoms. The van der Waals surface area contributed by atoms with E-state index in [2.05, 4.69) is 52.5 Å². The first-order valence-electron chi connectivity index (χ1n) is 26.8. The molecule has 0 unspecified atom stereocenters. The first-order chi connectivity index (χ1) is 40.2. The highest BCUT2D eigenvalue weighted by molar-refractivity contribution is 5.99. The van der Waals surface area contributed by atoms with Gasteiger partial charge in [-0.1, -0.05) is 42.5 Å². The normalized spacial score (nSPS) is 16.8. The van der Waals surface area contributed by atoms with E-state index in [1.807, 2.05) is 0 Å². The molecular weight excluding hydrogens is 1120 g/mol. The minimum absolute atomic E-state index is 0.00879. The number of H-pyrrole nitrogens is 1. The van der Waals surface area contributed by atoms with E-state index >= 15 is 0 Å². The van der Waals surface area contributed by atoms with Crippen LogP contribution in [0.5, 0.6) is 5.75 Å². The second kappa shape index (κ2) is 33.3. The number of aliphatic carboxylic acids is 2. The Balaban J connectivity index is 1.52. The molecule has 0 aliphatic carbocycles. The quantitative estimate of drug-likeness (QED) is 0.0264. The van der Waals surface area contributed by atoms with Gasteiger partial charge >= 0.3 is 11.9 Å². The molecule has 32 nitrogen and oxygen atoms in total. The first kappa shape index (κ1) is 68.4. The number of nitrogens with zero attached hydrogens (tertiary/aromatic N) is 2. The lowest BCUT2D eigenvalue weighted by molar-refractivity contribution is -0.143. The Bertz CT molecular complexity index is 2810. The largest absolute Gasteiger partial charge is 0.508 e. The zero-order chi connectivity index (χ0) is 63.1.